The SMILES string of the molecule is COC(=O)NC(C(=O)N1CC(COc2ccnc(-c3cccs3)c2)CC1C(=O)O)C(C)(C)C. The van der Waals surface area contributed by atoms with Crippen LogP contribution in [-0.4, -0.2) is 65.3 Å². The topological polar surface area (TPSA) is 118 Å². The molecule has 0 bridgehead atoms. The maximum Gasteiger partial charge on any atom is 0.407 e. The predicted octanol–water partition coefficient (Wildman–Crippen LogP) is 3.26. The average Bonchev–Trinajstić information content (AvgIpc) is 3.45. The Hall–Kier alpha value is -3.14. The van der Waals surface area contributed by atoms with Crippen molar-refractivity contribution in [1.29, 1.82) is 0 Å². The molecule has 3 rings (SSSR count). The van der Waals surface area contributed by atoms with E-state index in [4.69, 9.17) is 4.74 Å². The fourth-order valence-electron chi connectivity index (χ4n) is 3.79. The minimum Gasteiger partial charge on any atom is -0.493 e. The van der Waals surface area contributed by atoms with Gasteiger partial charge in [-0.15, -0.1) is 11.3 Å². The molecule has 0 aliphatic carbocycles. The molecule has 0 saturated carbocycles. The second-order valence-electron chi connectivity index (χ2n) is 9.05. The fraction of sp³-hybridized carbons (Fsp3) is 0.478. The zero-order valence-corrected chi connectivity index (χ0v) is 19.9. The summed E-state index contributed by atoms with van der Waals surface area (Å²) in [5.74, 6) is -1.08. The zero-order chi connectivity index (χ0) is 24.2. The van der Waals surface area contributed by atoms with E-state index in [1.165, 1.54) is 12.0 Å². The Labute approximate surface area is 196 Å². The summed E-state index contributed by atoms with van der Waals surface area (Å²) in [5, 5.41) is 14.3. The number of aromatic nitrogens is 1. The van der Waals surface area contributed by atoms with Crippen LogP contribution in [0.1, 0.15) is 27.2 Å². The van der Waals surface area contributed by atoms with Crippen molar-refractivity contribution in [3.63, 3.8) is 0 Å². The number of carbonyl (C=O) groups excluding carboxylic acids is 2. The van der Waals surface area contributed by atoms with E-state index in [0.717, 1.165) is 10.6 Å². The van der Waals surface area contributed by atoms with E-state index in [1.807, 2.05) is 23.6 Å². The van der Waals surface area contributed by atoms with Crippen LogP contribution in [0.25, 0.3) is 10.6 Å². The number of methoxy groups -OCH3 is 1. The summed E-state index contributed by atoms with van der Waals surface area (Å²) >= 11 is 1.58. The number of thiophene rings is 1. The number of nitrogens with zero attached hydrogens (tertiary/aromatic N) is 2. The summed E-state index contributed by atoms with van der Waals surface area (Å²) in [6.45, 7) is 5.87. The van der Waals surface area contributed by atoms with Crippen LogP contribution in [0.3, 0.4) is 0 Å². The van der Waals surface area contributed by atoms with Gasteiger partial charge in [0.1, 0.15) is 17.8 Å². The maximum atomic E-state index is 13.3. The van der Waals surface area contributed by atoms with Crippen LogP contribution in [-0.2, 0) is 14.3 Å². The van der Waals surface area contributed by atoms with Gasteiger partial charge >= 0.3 is 12.1 Å². The standard InChI is InChI=1S/C23H29N3O6S/c1-23(2,3)19(25-22(30)31-4)20(27)26-12-14(10-17(26)21(28)29)13-32-15-7-8-24-16(11-15)18-6-5-9-33-18/h5-9,11,14,17,19H,10,12-13H2,1-4H3,(H,25,30)(H,28,29). The number of nitrogens with one attached hydrogen (secondary N) is 1. The lowest BCUT2D eigenvalue weighted by atomic mass is 9.85. The Morgan fingerprint density at radius 1 is 1.33 bits per heavy atom. The van der Waals surface area contributed by atoms with E-state index in [-0.39, 0.29) is 25.5 Å². The number of hydrogen-bond donors (Lipinski definition) is 2. The smallest absolute Gasteiger partial charge is 0.407 e. The van der Waals surface area contributed by atoms with Gasteiger partial charge in [0.05, 0.1) is 24.3 Å². The molecule has 3 unspecified atom stereocenters. The fourth-order valence-corrected chi connectivity index (χ4v) is 4.48. The van der Waals surface area contributed by atoms with Gasteiger partial charge in [-0.25, -0.2) is 9.59 Å². The molecule has 2 aromatic heterocycles. The van der Waals surface area contributed by atoms with Crippen LogP contribution in [0.4, 0.5) is 4.79 Å². The molecule has 3 atom stereocenters. The number of carboxylic acid groups (broad SMARTS) is 1. The number of likely N-dealkylation sites (tertiary alicyclic amines) is 1. The van der Waals surface area contributed by atoms with Crippen molar-refractivity contribution in [3.05, 3.63) is 35.8 Å². The van der Waals surface area contributed by atoms with E-state index in [2.05, 4.69) is 15.0 Å². The van der Waals surface area contributed by atoms with Crippen molar-refractivity contribution in [2.75, 3.05) is 20.3 Å². The summed E-state index contributed by atoms with van der Waals surface area (Å²) in [5.41, 5.74) is 0.161. The third kappa shape index (κ3) is 6.01. The Morgan fingerprint density at radius 2 is 2.09 bits per heavy atom. The number of carboxylic acids is 1. The Kier molecular flexibility index (Phi) is 7.57. The molecule has 0 radical (unpaired) electrons. The Balaban J connectivity index is 1.70. The van der Waals surface area contributed by atoms with Crippen LogP contribution in [0.5, 0.6) is 5.75 Å². The van der Waals surface area contributed by atoms with Crippen molar-refractivity contribution < 1.29 is 29.0 Å². The van der Waals surface area contributed by atoms with Gasteiger partial charge in [-0.1, -0.05) is 26.8 Å². The lowest BCUT2D eigenvalue weighted by Crippen LogP contribution is -2.56. The Bertz CT molecular complexity index is 988. The van der Waals surface area contributed by atoms with E-state index in [1.54, 1.807) is 44.4 Å². The number of hydrogen-bond acceptors (Lipinski definition) is 7. The van der Waals surface area contributed by atoms with Crippen LogP contribution in [0, 0.1) is 11.3 Å². The van der Waals surface area contributed by atoms with Gasteiger partial charge in [0.25, 0.3) is 0 Å². The van der Waals surface area contributed by atoms with Crippen molar-refractivity contribution in [3.8, 4) is 16.3 Å². The molecule has 1 aliphatic heterocycles. The number of amides is 2. The van der Waals surface area contributed by atoms with Crippen molar-refractivity contribution in [1.82, 2.24) is 15.2 Å². The highest BCUT2D eigenvalue weighted by Gasteiger charge is 2.45. The number of ether oxygens (including phenoxy) is 2. The van der Waals surface area contributed by atoms with Crippen molar-refractivity contribution in [2.45, 2.75) is 39.3 Å². The average molecular weight is 476 g/mol. The number of alkyl carbamates (subject to hydrolysis) is 1. The molecule has 2 amide bonds. The molecule has 1 saturated heterocycles. The second-order valence-corrected chi connectivity index (χ2v) is 9.99. The van der Waals surface area contributed by atoms with E-state index < -0.39 is 35.5 Å². The van der Waals surface area contributed by atoms with E-state index in [9.17, 15) is 19.5 Å². The lowest BCUT2D eigenvalue weighted by molar-refractivity contribution is -0.150. The van der Waals surface area contributed by atoms with Gasteiger partial charge in [0.15, 0.2) is 0 Å². The summed E-state index contributed by atoms with van der Waals surface area (Å²) in [6, 6.07) is 5.59. The van der Waals surface area contributed by atoms with Gasteiger partial charge in [0.2, 0.25) is 5.91 Å². The van der Waals surface area contributed by atoms with Crippen LogP contribution in [0.15, 0.2) is 35.8 Å². The minimum absolute atomic E-state index is 0.174. The maximum absolute atomic E-state index is 13.3. The monoisotopic (exact) mass is 475 g/mol. The summed E-state index contributed by atoms with van der Waals surface area (Å²) in [6.07, 6.45) is 1.19. The number of aliphatic carboxylic acids is 1. The quantitative estimate of drug-likeness (QED) is 0.631. The molecule has 33 heavy (non-hydrogen) atoms. The van der Waals surface area contributed by atoms with Gasteiger partial charge in [-0.05, 0) is 29.3 Å². The predicted molar refractivity (Wildman–Crippen MR) is 123 cm³/mol. The van der Waals surface area contributed by atoms with Crippen LogP contribution >= 0.6 is 11.3 Å². The second kappa shape index (κ2) is 10.2. The lowest BCUT2D eigenvalue weighted by Gasteiger charge is -2.34. The first kappa shape index (κ1) is 24.5. The molecule has 9 nitrogen and oxygen atoms in total. The van der Waals surface area contributed by atoms with Crippen LogP contribution < -0.4 is 10.1 Å². The third-order valence-electron chi connectivity index (χ3n) is 5.51. The van der Waals surface area contributed by atoms with E-state index >= 15 is 0 Å². The largest absolute Gasteiger partial charge is 0.493 e. The zero-order valence-electron chi connectivity index (χ0n) is 19.1. The molecule has 2 aromatic rings. The first-order chi connectivity index (χ1) is 15.6. The van der Waals surface area contributed by atoms with Gasteiger partial charge < -0.3 is 24.8 Å². The molecular weight excluding hydrogens is 446 g/mol. The molecule has 0 aromatic carbocycles. The molecule has 10 heteroatoms. The Morgan fingerprint density at radius 3 is 2.70 bits per heavy atom. The number of carbonyl (C=O) groups is 3. The van der Waals surface area contributed by atoms with Gasteiger partial charge in [0, 0.05) is 24.7 Å². The van der Waals surface area contributed by atoms with Gasteiger partial charge in [-0.3, -0.25) is 9.78 Å². The van der Waals surface area contributed by atoms with Crippen molar-refractivity contribution >= 4 is 29.3 Å². The number of rotatable bonds is 7. The van der Waals surface area contributed by atoms with Crippen LogP contribution in [0.2, 0.25) is 0 Å². The van der Waals surface area contributed by atoms with E-state index in [0.29, 0.717) is 5.75 Å². The van der Waals surface area contributed by atoms with Crippen molar-refractivity contribution in [2.24, 2.45) is 11.3 Å². The minimum atomic E-state index is -1.08. The molecule has 178 valence electrons. The highest BCUT2D eigenvalue weighted by Crippen LogP contribution is 2.30. The molecule has 1 fully saturated rings. The molecule has 0 spiro atoms. The van der Waals surface area contributed by atoms with Gasteiger partial charge in [-0.2, -0.15) is 0 Å². The molecule has 3 heterocycles. The first-order valence-electron chi connectivity index (χ1n) is 10.6. The number of pyridine rings is 1. The highest BCUT2D eigenvalue weighted by atomic mass is 32.1. The summed E-state index contributed by atoms with van der Waals surface area (Å²) in [7, 11) is 1.21. The summed E-state index contributed by atoms with van der Waals surface area (Å²) < 4.78 is 10.6. The summed E-state index contributed by atoms with van der Waals surface area (Å²) in [4.78, 5) is 43.7. The molecule has 1 aliphatic rings. The third-order valence-corrected chi connectivity index (χ3v) is 6.40. The first-order valence-corrected chi connectivity index (χ1v) is 11.5. The normalized spacial score (nSPS) is 19.1. The molecular formula is C23H29N3O6S. The molecule has 2 N–H and O–H groups in total. The highest BCUT2D eigenvalue weighted by molar-refractivity contribution is 7.13.